The zero-order valence-corrected chi connectivity index (χ0v) is 11.0. The number of likely N-dealkylation sites (N-methyl/N-ethyl adjacent to an activating group) is 1. The van der Waals surface area contributed by atoms with Gasteiger partial charge in [0.25, 0.3) is 0 Å². The fraction of sp³-hybridized carbons (Fsp3) is 0.846. The topological polar surface area (TPSA) is 49.4 Å². The van der Waals surface area contributed by atoms with Crippen molar-refractivity contribution in [3.8, 4) is 0 Å². The van der Waals surface area contributed by atoms with Crippen LogP contribution < -0.4 is 5.32 Å². The first-order chi connectivity index (χ1) is 7.89. The summed E-state index contributed by atoms with van der Waals surface area (Å²) in [4.78, 5) is 24.6. The van der Waals surface area contributed by atoms with Crippen LogP contribution in [0.4, 0.5) is 0 Å². The second-order valence-corrected chi connectivity index (χ2v) is 6.15. The standard InChI is InChI=1S/C13H22N2O2/c1-13(2)7-6-9(8-13)14-10-4-5-11(16)15(3)12(10)17/h9-10,14H,4-8H2,1-3H3. The van der Waals surface area contributed by atoms with E-state index in [2.05, 4.69) is 19.2 Å². The Morgan fingerprint density at radius 1 is 1.29 bits per heavy atom. The molecule has 17 heavy (non-hydrogen) atoms. The molecule has 2 amide bonds. The van der Waals surface area contributed by atoms with Crippen molar-refractivity contribution in [2.45, 2.75) is 58.0 Å². The maximum Gasteiger partial charge on any atom is 0.246 e. The van der Waals surface area contributed by atoms with Crippen molar-refractivity contribution in [1.29, 1.82) is 0 Å². The van der Waals surface area contributed by atoms with E-state index in [0.29, 0.717) is 24.3 Å². The molecule has 0 radical (unpaired) electrons. The van der Waals surface area contributed by atoms with E-state index in [1.807, 2.05) is 0 Å². The highest BCUT2D eigenvalue weighted by atomic mass is 16.2. The Bertz CT molecular complexity index is 338. The molecule has 1 N–H and O–H groups in total. The molecule has 4 nitrogen and oxygen atoms in total. The minimum Gasteiger partial charge on any atom is -0.303 e. The lowest BCUT2D eigenvalue weighted by molar-refractivity contribution is -0.148. The van der Waals surface area contributed by atoms with Crippen LogP contribution in [-0.4, -0.2) is 35.8 Å². The van der Waals surface area contributed by atoms with Crippen molar-refractivity contribution in [2.75, 3.05) is 7.05 Å². The molecule has 2 aliphatic rings. The fourth-order valence-corrected chi connectivity index (χ4v) is 2.93. The number of rotatable bonds is 2. The van der Waals surface area contributed by atoms with E-state index in [4.69, 9.17) is 0 Å². The summed E-state index contributed by atoms with van der Waals surface area (Å²) in [5.74, 6) is -0.120. The van der Waals surface area contributed by atoms with E-state index in [1.54, 1.807) is 7.05 Å². The van der Waals surface area contributed by atoms with Crippen LogP contribution in [0.15, 0.2) is 0 Å². The quantitative estimate of drug-likeness (QED) is 0.738. The number of imide groups is 1. The fourth-order valence-electron chi connectivity index (χ4n) is 2.93. The third-order valence-electron chi connectivity index (χ3n) is 4.06. The SMILES string of the molecule is CN1C(=O)CCC(NC2CCC(C)(C)C2)C1=O. The van der Waals surface area contributed by atoms with Crippen LogP contribution in [0.2, 0.25) is 0 Å². The highest BCUT2D eigenvalue weighted by Gasteiger charge is 2.36. The van der Waals surface area contributed by atoms with Gasteiger partial charge in [-0.1, -0.05) is 13.8 Å². The molecule has 1 saturated carbocycles. The number of hydrogen-bond acceptors (Lipinski definition) is 3. The number of likely N-dealkylation sites (tertiary alicyclic amines) is 1. The largest absolute Gasteiger partial charge is 0.303 e. The summed E-state index contributed by atoms with van der Waals surface area (Å²) >= 11 is 0. The second-order valence-electron chi connectivity index (χ2n) is 6.15. The molecule has 2 atom stereocenters. The molecular weight excluding hydrogens is 216 g/mol. The average molecular weight is 238 g/mol. The predicted octanol–water partition coefficient (Wildman–Crippen LogP) is 1.30. The lowest BCUT2D eigenvalue weighted by atomic mass is 9.91. The van der Waals surface area contributed by atoms with E-state index in [1.165, 1.54) is 11.3 Å². The number of nitrogens with one attached hydrogen (secondary N) is 1. The highest BCUT2D eigenvalue weighted by Crippen LogP contribution is 2.37. The zero-order chi connectivity index (χ0) is 12.6. The Kier molecular flexibility index (Phi) is 3.25. The molecule has 1 heterocycles. The molecule has 1 saturated heterocycles. The van der Waals surface area contributed by atoms with Gasteiger partial charge in [-0.25, -0.2) is 0 Å². The first-order valence-electron chi connectivity index (χ1n) is 6.45. The Morgan fingerprint density at radius 2 is 2.00 bits per heavy atom. The summed E-state index contributed by atoms with van der Waals surface area (Å²) in [7, 11) is 1.58. The molecule has 1 aliphatic carbocycles. The molecule has 0 aromatic rings. The Morgan fingerprint density at radius 3 is 2.59 bits per heavy atom. The van der Waals surface area contributed by atoms with Crippen LogP contribution in [0.5, 0.6) is 0 Å². The predicted molar refractivity (Wildman–Crippen MR) is 65.4 cm³/mol. The maximum absolute atomic E-state index is 11.9. The van der Waals surface area contributed by atoms with Crippen LogP contribution in [0.25, 0.3) is 0 Å². The van der Waals surface area contributed by atoms with Gasteiger partial charge in [-0.05, 0) is 31.1 Å². The van der Waals surface area contributed by atoms with Gasteiger partial charge in [0, 0.05) is 19.5 Å². The molecule has 4 heteroatoms. The lowest BCUT2D eigenvalue weighted by Crippen LogP contribution is -2.53. The minimum absolute atomic E-state index is 0.0557. The van der Waals surface area contributed by atoms with Gasteiger partial charge in [0.15, 0.2) is 0 Å². The first-order valence-corrected chi connectivity index (χ1v) is 6.45. The van der Waals surface area contributed by atoms with E-state index in [0.717, 1.165) is 12.8 Å². The summed E-state index contributed by atoms with van der Waals surface area (Å²) in [6.45, 7) is 4.54. The highest BCUT2D eigenvalue weighted by molar-refractivity contribution is 6.00. The number of piperidine rings is 1. The average Bonchev–Trinajstić information content (AvgIpc) is 2.59. The van der Waals surface area contributed by atoms with E-state index in [-0.39, 0.29) is 17.9 Å². The van der Waals surface area contributed by atoms with Crippen molar-refractivity contribution < 1.29 is 9.59 Å². The maximum atomic E-state index is 11.9. The molecule has 0 aromatic heterocycles. The third kappa shape index (κ3) is 2.68. The summed E-state index contributed by atoms with van der Waals surface area (Å²) in [5.41, 5.74) is 0.386. The van der Waals surface area contributed by atoms with Gasteiger partial charge in [0.1, 0.15) is 0 Å². The Hall–Kier alpha value is -0.900. The lowest BCUT2D eigenvalue weighted by Gasteiger charge is -2.30. The van der Waals surface area contributed by atoms with Crippen molar-refractivity contribution in [2.24, 2.45) is 5.41 Å². The molecule has 1 aliphatic heterocycles. The van der Waals surface area contributed by atoms with Crippen molar-refractivity contribution in [3.63, 3.8) is 0 Å². The number of amides is 2. The van der Waals surface area contributed by atoms with Crippen LogP contribution >= 0.6 is 0 Å². The van der Waals surface area contributed by atoms with E-state index in [9.17, 15) is 9.59 Å². The van der Waals surface area contributed by atoms with Crippen molar-refractivity contribution in [3.05, 3.63) is 0 Å². The Balaban J connectivity index is 1.92. The zero-order valence-electron chi connectivity index (χ0n) is 11.0. The molecule has 0 bridgehead atoms. The van der Waals surface area contributed by atoms with Crippen LogP contribution in [0, 0.1) is 5.41 Å². The number of hydrogen-bond donors (Lipinski definition) is 1. The van der Waals surface area contributed by atoms with Crippen molar-refractivity contribution in [1.82, 2.24) is 10.2 Å². The third-order valence-corrected chi connectivity index (χ3v) is 4.06. The van der Waals surface area contributed by atoms with Gasteiger partial charge in [-0.2, -0.15) is 0 Å². The Labute approximate surface area is 103 Å². The van der Waals surface area contributed by atoms with Gasteiger partial charge >= 0.3 is 0 Å². The normalized spacial score (nSPS) is 33.2. The van der Waals surface area contributed by atoms with Gasteiger partial charge < -0.3 is 5.32 Å². The molecule has 2 unspecified atom stereocenters. The molecule has 0 spiro atoms. The molecular formula is C13H22N2O2. The van der Waals surface area contributed by atoms with Crippen molar-refractivity contribution >= 4 is 11.8 Å². The number of nitrogens with zero attached hydrogens (tertiary/aromatic N) is 1. The summed E-state index contributed by atoms with van der Waals surface area (Å²) in [6, 6.07) is 0.275. The van der Waals surface area contributed by atoms with E-state index < -0.39 is 0 Å². The summed E-state index contributed by atoms with van der Waals surface area (Å²) in [5, 5.41) is 3.43. The van der Waals surface area contributed by atoms with Crippen LogP contribution in [0.3, 0.4) is 0 Å². The number of carbonyl (C=O) groups is 2. The first kappa shape index (κ1) is 12.6. The summed E-state index contributed by atoms with van der Waals surface area (Å²) < 4.78 is 0. The van der Waals surface area contributed by atoms with Crippen LogP contribution in [0.1, 0.15) is 46.0 Å². The van der Waals surface area contributed by atoms with E-state index >= 15 is 0 Å². The summed E-state index contributed by atoms with van der Waals surface area (Å²) in [6.07, 6.45) is 4.60. The van der Waals surface area contributed by atoms with Gasteiger partial charge in [-0.15, -0.1) is 0 Å². The molecule has 2 rings (SSSR count). The smallest absolute Gasteiger partial charge is 0.246 e. The minimum atomic E-state index is -0.156. The van der Waals surface area contributed by atoms with Gasteiger partial charge in [-0.3, -0.25) is 14.5 Å². The molecule has 2 fully saturated rings. The monoisotopic (exact) mass is 238 g/mol. The molecule has 0 aromatic carbocycles. The van der Waals surface area contributed by atoms with Crippen LogP contribution in [-0.2, 0) is 9.59 Å². The second kappa shape index (κ2) is 4.41. The number of carbonyl (C=O) groups excluding carboxylic acids is 2. The van der Waals surface area contributed by atoms with Gasteiger partial charge in [0.2, 0.25) is 11.8 Å². The van der Waals surface area contributed by atoms with Gasteiger partial charge in [0.05, 0.1) is 6.04 Å². The molecule has 96 valence electrons.